The number of allylic oxidation sites excluding steroid dienone is 5. The molecular formula is C22H30ClFN2O2. The molecule has 0 atom stereocenters. The van der Waals surface area contributed by atoms with Crippen LogP contribution in [0.5, 0.6) is 0 Å². The molecule has 0 heterocycles. The number of ketones is 2. The molecule has 0 N–H and O–H groups in total. The summed E-state index contributed by atoms with van der Waals surface area (Å²) < 4.78 is 14.1. The average Bonchev–Trinajstić information content (AvgIpc) is 2.59. The van der Waals surface area contributed by atoms with Crippen molar-refractivity contribution < 1.29 is 14.0 Å². The Balaban J connectivity index is 5.37. The Bertz CT molecular complexity index is 760. The summed E-state index contributed by atoms with van der Waals surface area (Å²) in [6, 6.07) is 0. The van der Waals surface area contributed by atoms with E-state index >= 15 is 0 Å². The van der Waals surface area contributed by atoms with Gasteiger partial charge in [0, 0.05) is 16.2 Å². The lowest BCUT2D eigenvalue weighted by Gasteiger charge is -2.24. The fourth-order valence-corrected chi connectivity index (χ4v) is 2.61. The highest BCUT2D eigenvalue weighted by Gasteiger charge is 2.31. The fraction of sp³-hybridized carbons (Fsp3) is 0.545. The van der Waals surface area contributed by atoms with Crippen LogP contribution in [0, 0.1) is 27.7 Å². The molecule has 0 aliphatic carbocycles. The van der Waals surface area contributed by atoms with Gasteiger partial charge >= 0.3 is 0 Å². The average molecular weight is 409 g/mol. The molecule has 0 fully saturated rings. The zero-order chi connectivity index (χ0) is 22.3. The second-order valence-electron chi connectivity index (χ2n) is 8.99. The minimum Gasteiger partial charge on any atom is -0.293 e. The maximum atomic E-state index is 14.1. The smallest absolute Gasteiger partial charge is 0.205 e. The fourth-order valence-electron chi connectivity index (χ4n) is 2.28. The van der Waals surface area contributed by atoms with Crippen molar-refractivity contribution in [3.63, 3.8) is 0 Å². The van der Waals surface area contributed by atoms with Gasteiger partial charge in [0.25, 0.3) is 0 Å². The number of carbonyl (C=O) groups is 2. The Morgan fingerprint density at radius 2 is 1.54 bits per heavy atom. The quantitative estimate of drug-likeness (QED) is 0.263. The van der Waals surface area contributed by atoms with Gasteiger partial charge in [-0.05, 0) is 25.0 Å². The van der Waals surface area contributed by atoms with Crippen LogP contribution in [0.1, 0.15) is 61.3 Å². The van der Waals surface area contributed by atoms with Gasteiger partial charge in [0.2, 0.25) is 6.19 Å². The van der Waals surface area contributed by atoms with E-state index in [4.69, 9.17) is 16.9 Å². The Morgan fingerprint density at radius 1 is 1.04 bits per heavy atom. The van der Waals surface area contributed by atoms with Gasteiger partial charge in [0.1, 0.15) is 0 Å². The lowest BCUT2D eigenvalue weighted by molar-refractivity contribution is -0.124. The molecule has 154 valence electrons. The predicted octanol–water partition coefficient (Wildman–Crippen LogP) is 6.09. The molecule has 0 unspecified atom stereocenters. The third-order valence-corrected chi connectivity index (χ3v) is 4.70. The molecule has 0 aromatic heterocycles. The minimum absolute atomic E-state index is 0.0226. The van der Waals surface area contributed by atoms with E-state index in [0.29, 0.717) is 12.1 Å². The third-order valence-electron chi connectivity index (χ3n) is 4.37. The Labute approximate surface area is 172 Å². The van der Waals surface area contributed by atoms with Crippen LogP contribution in [-0.4, -0.2) is 17.3 Å². The van der Waals surface area contributed by atoms with Gasteiger partial charge in [-0.1, -0.05) is 72.7 Å². The predicted molar refractivity (Wildman–Crippen MR) is 113 cm³/mol. The molecule has 0 aliphatic rings. The normalized spacial score (nSPS) is 14.5. The lowest BCUT2D eigenvalue weighted by Crippen LogP contribution is -2.26. The molecule has 6 heteroatoms. The molecule has 0 rings (SSSR count). The second kappa shape index (κ2) is 9.93. The van der Waals surface area contributed by atoms with Gasteiger partial charge in [0.05, 0.1) is 10.7 Å². The van der Waals surface area contributed by atoms with Crippen molar-refractivity contribution in [1.29, 1.82) is 5.26 Å². The van der Waals surface area contributed by atoms with Crippen LogP contribution in [0.25, 0.3) is 0 Å². The molecule has 0 aliphatic heterocycles. The van der Waals surface area contributed by atoms with E-state index in [1.54, 1.807) is 46.9 Å². The van der Waals surface area contributed by atoms with Crippen LogP contribution in [-0.2, 0) is 9.59 Å². The van der Waals surface area contributed by atoms with Gasteiger partial charge in [-0.25, -0.2) is 4.39 Å². The van der Waals surface area contributed by atoms with E-state index in [2.05, 4.69) is 11.6 Å². The van der Waals surface area contributed by atoms with Crippen LogP contribution in [0.4, 0.5) is 4.39 Å². The molecule has 0 bridgehead atoms. The highest BCUT2D eigenvalue weighted by molar-refractivity contribution is 6.43. The molecule has 0 aromatic carbocycles. The van der Waals surface area contributed by atoms with Crippen molar-refractivity contribution in [2.45, 2.75) is 61.3 Å². The number of rotatable bonds is 9. The van der Waals surface area contributed by atoms with E-state index in [9.17, 15) is 14.0 Å². The summed E-state index contributed by atoms with van der Waals surface area (Å²) in [7, 11) is 0. The first-order valence-electron chi connectivity index (χ1n) is 9.00. The van der Waals surface area contributed by atoms with E-state index in [-0.39, 0.29) is 17.2 Å². The maximum absolute atomic E-state index is 14.1. The Hall–Kier alpha value is -2.06. The number of carbonyl (C=O) groups excluding carboxylic acids is 2. The maximum Gasteiger partial charge on any atom is 0.205 e. The molecule has 0 spiro atoms. The molecule has 0 radical (unpaired) electrons. The van der Waals surface area contributed by atoms with E-state index in [1.807, 2.05) is 13.8 Å². The molecular weight excluding hydrogens is 379 g/mol. The molecule has 0 saturated heterocycles. The topological polar surface area (TPSA) is 70.3 Å². The number of nitriles is 1. The summed E-state index contributed by atoms with van der Waals surface area (Å²) in [5, 5.41) is 8.78. The van der Waals surface area contributed by atoms with Crippen LogP contribution in [0.2, 0.25) is 0 Å². The first-order chi connectivity index (χ1) is 12.6. The minimum atomic E-state index is -0.977. The monoisotopic (exact) mass is 408 g/mol. The highest BCUT2D eigenvalue weighted by atomic mass is 35.5. The van der Waals surface area contributed by atoms with Crippen LogP contribution in [0.3, 0.4) is 0 Å². The number of nitrogens with zero attached hydrogens (tertiary/aromatic N) is 2. The third kappa shape index (κ3) is 7.52. The molecule has 4 nitrogen and oxygen atoms in total. The van der Waals surface area contributed by atoms with Crippen molar-refractivity contribution in [3.05, 3.63) is 35.7 Å². The summed E-state index contributed by atoms with van der Waals surface area (Å²) in [5.74, 6) is -1.81. The largest absolute Gasteiger partial charge is 0.293 e. The molecule has 0 saturated carbocycles. The van der Waals surface area contributed by atoms with Crippen molar-refractivity contribution >= 4 is 28.9 Å². The molecule has 0 aromatic rings. The van der Waals surface area contributed by atoms with Gasteiger partial charge < -0.3 is 0 Å². The van der Waals surface area contributed by atoms with Gasteiger partial charge in [-0.3, -0.25) is 9.59 Å². The summed E-state index contributed by atoms with van der Waals surface area (Å²) in [6.45, 7) is 15.6. The summed E-state index contributed by atoms with van der Waals surface area (Å²) in [5.41, 5.74) is -1.85. The summed E-state index contributed by atoms with van der Waals surface area (Å²) in [6.07, 6.45) is 6.36. The number of Topliss-reactive ketones (excluding diaryl/α,β-unsaturated/α-hetero) is 2. The van der Waals surface area contributed by atoms with Gasteiger partial charge in [-0.2, -0.15) is 10.3 Å². The van der Waals surface area contributed by atoms with Crippen molar-refractivity contribution in [3.8, 4) is 6.19 Å². The number of hydrogen-bond acceptors (Lipinski definition) is 4. The number of hydrogen-bond donors (Lipinski definition) is 0. The van der Waals surface area contributed by atoms with Crippen LogP contribution in [0.15, 0.2) is 40.7 Å². The molecule has 28 heavy (non-hydrogen) atoms. The zero-order valence-corrected chi connectivity index (χ0v) is 18.6. The van der Waals surface area contributed by atoms with Crippen molar-refractivity contribution in [2.75, 3.05) is 0 Å². The summed E-state index contributed by atoms with van der Waals surface area (Å²) in [4.78, 5) is 28.4. The Morgan fingerprint density at radius 3 is 1.96 bits per heavy atom. The summed E-state index contributed by atoms with van der Waals surface area (Å²) >= 11 is 6.20. The highest BCUT2D eigenvalue weighted by Crippen LogP contribution is 2.32. The van der Waals surface area contributed by atoms with Gasteiger partial charge in [0.15, 0.2) is 17.4 Å². The van der Waals surface area contributed by atoms with Crippen molar-refractivity contribution in [2.24, 2.45) is 21.2 Å². The van der Waals surface area contributed by atoms with Crippen LogP contribution < -0.4 is 0 Å². The standard InChI is InChI=1S/C22H30ClFN2O2/c1-9-17(26-14-25)21(5,6)12-10-15(23)18(27)22(7,8)13-11-16(24)19(28)20(2,3)4/h9-11H,1,12-13H2,2-8H3/b15-10-,16-11-,26-17?. The zero-order valence-electron chi connectivity index (χ0n) is 17.8. The van der Waals surface area contributed by atoms with E-state index < -0.39 is 27.9 Å². The number of halogens is 2. The molecule has 0 amide bonds. The van der Waals surface area contributed by atoms with Crippen molar-refractivity contribution in [1.82, 2.24) is 0 Å². The van der Waals surface area contributed by atoms with Gasteiger partial charge in [-0.15, -0.1) is 0 Å². The van der Waals surface area contributed by atoms with Crippen LogP contribution >= 0.6 is 11.6 Å². The van der Waals surface area contributed by atoms with E-state index in [1.165, 1.54) is 6.08 Å². The first kappa shape index (κ1) is 25.9. The Kier molecular flexibility index (Phi) is 9.20. The van der Waals surface area contributed by atoms with E-state index in [0.717, 1.165) is 6.08 Å². The SMILES string of the molecule is C=CC(=NC#N)C(C)(C)C/C=C(\Cl)C(=O)C(C)(C)C/C=C(\F)C(=O)C(C)(C)C. The second-order valence-corrected chi connectivity index (χ2v) is 9.40. The number of aliphatic imine (C=N–C) groups is 1. The first-order valence-corrected chi connectivity index (χ1v) is 9.38. The lowest BCUT2D eigenvalue weighted by atomic mass is 9.81.